The van der Waals surface area contributed by atoms with Gasteiger partial charge < -0.3 is 0 Å². The molecule has 1 N–H and O–H groups in total. The van der Waals surface area contributed by atoms with Crippen LogP contribution in [0, 0.1) is 0 Å². The highest BCUT2D eigenvalue weighted by Gasteiger charge is 2.43. The molecular formula is C14H16ClNO2. The molecule has 0 unspecified atom stereocenters. The van der Waals surface area contributed by atoms with Gasteiger partial charge in [0.15, 0.2) is 0 Å². The number of carbonyl (C=O) groups is 2. The van der Waals surface area contributed by atoms with Crippen LogP contribution in [0.25, 0.3) is 0 Å². The zero-order valence-corrected chi connectivity index (χ0v) is 10.9. The van der Waals surface area contributed by atoms with Gasteiger partial charge in [0.2, 0.25) is 11.8 Å². The molecule has 0 aromatic heterocycles. The number of imide groups is 1. The second-order valence-corrected chi connectivity index (χ2v) is 5.00. The molecule has 96 valence electrons. The number of nitrogens with one attached hydrogen (secondary N) is 1. The van der Waals surface area contributed by atoms with Crippen molar-refractivity contribution in [2.75, 3.05) is 5.88 Å². The molecule has 1 aromatic rings. The average Bonchev–Trinajstić information content (AvgIpc) is 2.39. The third kappa shape index (κ3) is 2.41. The van der Waals surface area contributed by atoms with E-state index in [1.807, 2.05) is 30.3 Å². The first-order chi connectivity index (χ1) is 8.69. The molecule has 1 aliphatic rings. The molecular weight excluding hydrogens is 250 g/mol. The van der Waals surface area contributed by atoms with E-state index in [9.17, 15) is 9.59 Å². The van der Waals surface area contributed by atoms with E-state index in [1.54, 1.807) is 0 Å². The summed E-state index contributed by atoms with van der Waals surface area (Å²) in [6.07, 6.45) is 2.40. The average molecular weight is 266 g/mol. The summed E-state index contributed by atoms with van der Waals surface area (Å²) in [6.45, 7) is 0. The van der Waals surface area contributed by atoms with Gasteiger partial charge in [0, 0.05) is 12.3 Å². The molecule has 1 aliphatic heterocycles. The number of carbonyl (C=O) groups excluding carboxylic acids is 2. The SMILES string of the molecule is O=C1CC[C@](CCCCl)(c2ccccc2)C(=O)N1. The fourth-order valence-corrected chi connectivity index (χ4v) is 2.67. The smallest absolute Gasteiger partial charge is 0.237 e. The first kappa shape index (κ1) is 13.1. The predicted octanol–water partition coefficient (Wildman–Crippen LogP) is 2.38. The maximum Gasteiger partial charge on any atom is 0.237 e. The lowest BCUT2D eigenvalue weighted by Gasteiger charge is -2.35. The zero-order valence-electron chi connectivity index (χ0n) is 10.1. The third-order valence-electron chi connectivity index (χ3n) is 3.53. The van der Waals surface area contributed by atoms with Crippen molar-refractivity contribution in [2.24, 2.45) is 0 Å². The summed E-state index contributed by atoms with van der Waals surface area (Å²) in [6, 6.07) is 9.65. The second kappa shape index (κ2) is 5.53. The lowest BCUT2D eigenvalue weighted by atomic mass is 9.71. The van der Waals surface area contributed by atoms with Crippen molar-refractivity contribution >= 4 is 23.4 Å². The minimum Gasteiger partial charge on any atom is -0.296 e. The number of alkyl halides is 1. The minimum atomic E-state index is -0.593. The topological polar surface area (TPSA) is 46.2 Å². The Morgan fingerprint density at radius 3 is 2.56 bits per heavy atom. The summed E-state index contributed by atoms with van der Waals surface area (Å²) in [5, 5.41) is 2.46. The number of hydrogen-bond donors (Lipinski definition) is 1. The van der Waals surface area contributed by atoms with Crippen LogP contribution < -0.4 is 5.32 Å². The lowest BCUT2D eigenvalue weighted by Crippen LogP contribution is -2.51. The van der Waals surface area contributed by atoms with Crippen LogP contribution in [0.5, 0.6) is 0 Å². The maximum absolute atomic E-state index is 12.3. The van der Waals surface area contributed by atoms with Crippen LogP contribution in [0.3, 0.4) is 0 Å². The third-order valence-corrected chi connectivity index (χ3v) is 3.80. The second-order valence-electron chi connectivity index (χ2n) is 4.62. The van der Waals surface area contributed by atoms with E-state index in [0.717, 1.165) is 12.0 Å². The van der Waals surface area contributed by atoms with E-state index in [-0.39, 0.29) is 11.8 Å². The van der Waals surface area contributed by atoms with Crippen molar-refractivity contribution in [2.45, 2.75) is 31.1 Å². The number of piperidine rings is 1. The van der Waals surface area contributed by atoms with Crippen LogP contribution >= 0.6 is 11.6 Å². The first-order valence-corrected chi connectivity index (χ1v) is 6.68. The van der Waals surface area contributed by atoms with Gasteiger partial charge in [-0.3, -0.25) is 14.9 Å². The summed E-state index contributed by atoms with van der Waals surface area (Å²) in [4.78, 5) is 23.6. The van der Waals surface area contributed by atoms with Gasteiger partial charge in [0.1, 0.15) is 0 Å². The maximum atomic E-state index is 12.3. The highest BCUT2D eigenvalue weighted by atomic mass is 35.5. The molecule has 2 rings (SSSR count). The van der Waals surface area contributed by atoms with Gasteiger partial charge in [-0.2, -0.15) is 0 Å². The summed E-state index contributed by atoms with van der Waals surface area (Å²) < 4.78 is 0. The van der Waals surface area contributed by atoms with Gasteiger partial charge in [0.05, 0.1) is 5.41 Å². The molecule has 1 saturated heterocycles. The Hall–Kier alpha value is -1.35. The van der Waals surface area contributed by atoms with E-state index in [2.05, 4.69) is 5.32 Å². The largest absolute Gasteiger partial charge is 0.296 e. The molecule has 3 nitrogen and oxygen atoms in total. The fraction of sp³-hybridized carbons (Fsp3) is 0.429. The van der Waals surface area contributed by atoms with E-state index in [1.165, 1.54) is 0 Å². The van der Waals surface area contributed by atoms with E-state index in [0.29, 0.717) is 25.1 Å². The van der Waals surface area contributed by atoms with Crippen LogP contribution in [0.4, 0.5) is 0 Å². The van der Waals surface area contributed by atoms with Crippen molar-refractivity contribution in [1.29, 1.82) is 0 Å². The summed E-state index contributed by atoms with van der Waals surface area (Å²) >= 11 is 5.75. The monoisotopic (exact) mass is 265 g/mol. The quantitative estimate of drug-likeness (QED) is 0.671. The lowest BCUT2D eigenvalue weighted by molar-refractivity contribution is -0.138. The highest BCUT2D eigenvalue weighted by Crippen LogP contribution is 2.36. The van der Waals surface area contributed by atoms with Gasteiger partial charge in [-0.25, -0.2) is 0 Å². The first-order valence-electron chi connectivity index (χ1n) is 6.15. The number of benzene rings is 1. The summed E-state index contributed by atoms with van der Waals surface area (Å²) in [5.74, 6) is 0.156. The number of amides is 2. The predicted molar refractivity (Wildman–Crippen MR) is 70.5 cm³/mol. The van der Waals surface area contributed by atoms with E-state index in [4.69, 9.17) is 11.6 Å². The Labute approximate surface area is 112 Å². The molecule has 1 atom stereocenters. The van der Waals surface area contributed by atoms with Gasteiger partial charge in [-0.05, 0) is 24.8 Å². The Morgan fingerprint density at radius 1 is 1.22 bits per heavy atom. The molecule has 0 radical (unpaired) electrons. The molecule has 1 fully saturated rings. The Bertz CT molecular complexity index is 446. The van der Waals surface area contributed by atoms with Crippen molar-refractivity contribution < 1.29 is 9.59 Å². The Kier molecular flexibility index (Phi) is 4.02. The molecule has 4 heteroatoms. The summed E-state index contributed by atoms with van der Waals surface area (Å²) in [7, 11) is 0. The van der Waals surface area contributed by atoms with Crippen LogP contribution in [-0.4, -0.2) is 17.7 Å². The van der Waals surface area contributed by atoms with Crippen LogP contribution in [0.2, 0.25) is 0 Å². The van der Waals surface area contributed by atoms with Crippen molar-refractivity contribution in [3.63, 3.8) is 0 Å². The summed E-state index contributed by atoms with van der Waals surface area (Å²) in [5.41, 5.74) is 0.379. The van der Waals surface area contributed by atoms with Gasteiger partial charge in [0.25, 0.3) is 0 Å². The van der Waals surface area contributed by atoms with Gasteiger partial charge in [-0.15, -0.1) is 11.6 Å². The van der Waals surface area contributed by atoms with Crippen LogP contribution in [-0.2, 0) is 15.0 Å². The number of halogens is 1. The van der Waals surface area contributed by atoms with Crippen molar-refractivity contribution in [3.05, 3.63) is 35.9 Å². The molecule has 18 heavy (non-hydrogen) atoms. The molecule has 2 amide bonds. The van der Waals surface area contributed by atoms with E-state index >= 15 is 0 Å². The fourth-order valence-electron chi connectivity index (χ4n) is 2.53. The van der Waals surface area contributed by atoms with Gasteiger partial charge in [-0.1, -0.05) is 30.3 Å². The number of rotatable bonds is 4. The van der Waals surface area contributed by atoms with Crippen LogP contribution in [0.15, 0.2) is 30.3 Å². The molecule has 0 spiro atoms. The van der Waals surface area contributed by atoms with Crippen LogP contribution in [0.1, 0.15) is 31.2 Å². The van der Waals surface area contributed by atoms with E-state index < -0.39 is 5.41 Å². The minimum absolute atomic E-state index is 0.183. The zero-order chi connectivity index (χ0) is 13.0. The van der Waals surface area contributed by atoms with Gasteiger partial charge >= 0.3 is 0 Å². The Morgan fingerprint density at radius 2 is 1.94 bits per heavy atom. The molecule has 1 aromatic carbocycles. The number of hydrogen-bond acceptors (Lipinski definition) is 2. The molecule has 0 saturated carbocycles. The Balaban J connectivity index is 2.34. The highest BCUT2D eigenvalue weighted by molar-refractivity contribution is 6.17. The normalized spacial score (nSPS) is 23.8. The molecule has 1 heterocycles. The molecule has 0 bridgehead atoms. The molecule has 0 aliphatic carbocycles. The van der Waals surface area contributed by atoms with Crippen molar-refractivity contribution in [3.8, 4) is 0 Å². The van der Waals surface area contributed by atoms with Crippen molar-refractivity contribution in [1.82, 2.24) is 5.32 Å². The standard InChI is InChI=1S/C14H16ClNO2/c15-10-4-8-14(11-5-2-1-3-6-11)9-7-12(17)16-13(14)18/h1-3,5-6H,4,7-10H2,(H,16,17,18)/t14-/m1/s1.